The number of piperidine rings is 2. The van der Waals surface area contributed by atoms with Gasteiger partial charge in [-0.05, 0) is 81.0 Å². The molecule has 41 heavy (non-hydrogen) atoms. The fraction of sp³-hybridized carbons (Fsp3) is 0.469. The highest BCUT2D eigenvalue weighted by Crippen LogP contribution is 2.41. The standard InChI is InChI=1S/C32H38N6O3/c1-20-27-10-9-24(31(39)36-13-3-5-25(33)19-36)18-38(27)34-29(20)28-16-23-4-2-6-26(30(23)37(28)17-21-7-8-21)22-11-14-35(15-12-22)32(40)41/h2,4,6,9-10,16,18,21-22,25H,3,5,7-8,11-15,17,19,33H2,1H3,(H,40,41). The number of carboxylic acid groups (broad SMARTS) is 1. The smallest absolute Gasteiger partial charge is 0.407 e. The van der Waals surface area contributed by atoms with Crippen LogP contribution in [0.15, 0.2) is 42.6 Å². The highest BCUT2D eigenvalue weighted by molar-refractivity contribution is 5.95. The highest BCUT2D eigenvalue weighted by atomic mass is 16.4. The summed E-state index contributed by atoms with van der Waals surface area (Å²) < 4.78 is 4.34. The number of benzene rings is 1. The Morgan fingerprint density at radius 1 is 1.02 bits per heavy atom. The molecule has 4 aromatic rings. The van der Waals surface area contributed by atoms with Crippen LogP contribution in [0.4, 0.5) is 4.79 Å². The maximum Gasteiger partial charge on any atom is 0.407 e. The molecule has 2 saturated heterocycles. The molecule has 1 aromatic carbocycles. The molecule has 214 valence electrons. The van der Waals surface area contributed by atoms with Crippen LogP contribution in [0.3, 0.4) is 0 Å². The number of aromatic nitrogens is 3. The van der Waals surface area contributed by atoms with Gasteiger partial charge in [-0.25, -0.2) is 9.31 Å². The van der Waals surface area contributed by atoms with Crippen molar-refractivity contribution in [3.63, 3.8) is 0 Å². The molecule has 3 fully saturated rings. The van der Waals surface area contributed by atoms with E-state index in [1.807, 2.05) is 27.7 Å². The van der Waals surface area contributed by atoms with E-state index in [4.69, 9.17) is 10.8 Å². The average Bonchev–Trinajstić information content (AvgIpc) is 3.65. The summed E-state index contributed by atoms with van der Waals surface area (Å²) in [5.74, 6) is 1.01. The van der Waals surface area contributed by atoms with E-state index in [1.165, 1.54) is 34.2 Å². The fourth-order valence-electron chi connectivity index (χ4n) is 6.93. The van der Waals surface area contributed by atoms with Gasteiger partial charge in [0.1, 0.15) is 5.69 Å². The van der Waals surface area contributed by atoms with E-state index in [1.54, 1.807) is 0 Å². The van der Waals surface area contributed by atoms with Gasteiger partial charge in [-0.15, -0.1) is 0 Å². The average molecular weight is 555 g/mol. The molecule has 1 unspecified atom stereocenters. The van der Waals surface area contributed by atoms with Gasteiger partial charge < -0.3 is 25.2 Å². The Hall–Kier alpha value is -3.85. The Kier molecular flexibility index (Phi) is 6.49. The first kappa shape index (κ1) is 26.1. The van der Waals surface area contributed by atoms with Crippen molar-refractivity contribution in [3.05, 3.63) is 59.3 Å². The van der Waals surface area contributed by atoms with E-state index in [-0.39, 0.29) is 11.9 Å². The molecule has 2 aliphatic heterocycles. The van der Waals surface area contributed by atoms with E-state index in [0.717, 1.165) is 61.2 Å². The summed E-state index contributed by atoms with van der Waals surface area (Å²) in [4.78, 5) is 28.2. The number of nitrogens with two attached hydrogens (primary N) is 1. The number of hydrogen-bond acceptors (Lipinski definition) is 4. The third-order valence-corrected chi connectivity index (χ3v) is 9.41. The largest absolute Gasteiger partial charge is 0.465 e. The second kappa shape index (κ2) is 10.2. The fourth-order valence-corrected chi connectivity index (χ4v) is 6.93. The third kappa shape index (κ3) is 4.76. The Bertz CT molecular complexity index is 1640. The molecule has 3 aromatic heterocycles. The Morgan fingerprint density at radius 3 is 2.56 bits per heavy atom. The van der Waals surface area contributed by atoms with Crippen molar-refractivity contribution >= 4 is 28.4 Å². The lowest BCUT2D eigenvalue weighted by atomic mass is 9.88. The minimum Gasteiger partial charge on any atom is -0.465 e. The number of para-hydroxylation sites is 1. The van der Waals surface area contributed by atoms with Gasteiger partial charge in [0.05, 0.1) is 22.3 Å². The van der Waals surface area contributed by atoms with E-state index >= 15 is 0 Å². The number of rotatable bonds is 5. The van der Waals surface area contributed by atoms with Crippen LogP contribution in [0.2, 0.25) is 0 Å². The van der Waals surface area contributed by atoms with Crippen molar-refractivity contribution in [2.24, 2.45) is 11.7 Å². The Balaban J connectivity index is 1.28. The molecule has 0 spiro atoms. The normalized spacial score (nSPS) is 20.3. The predicted molar refractivity (Wildman–Crippen MR) is 158 cm³/mol. The first-order chi connectivity index (χ1) is 19.9. The number of carbonyl (C=O) groups is 2. The molecule has 9 heteroatoms. The van der Waals surface area contributed by atoms with Gasteiger partial charge >= 0.3 is 6.09 Å². The van der Waals surface area contributed by atoms with E-state index in [2.05, 4.69) is 35.8 Å². The van der Waals surface area contributed by atoms with Gasteiger partial charge in [-0.3, -0.25) is 4.79 Å². The molecular formula is C32H38N6O3. The highest BCUT2D eigenvalue weighted by Gasteiger charge is 2.30. The molecule has 3 N–H and O–H groups in total. The van der Waals surface area contributed by atoms with Gasteiger partial charge in [0.2, 0.25) is 0 Å². The van der Waals surface area contributed by atoms with Crippen molar-refractivity contribution in [1.29, 1.82) is 0 Å². The minimum absolute atomic E-state index is 0.0122. The number of carbonyl (C=O) groups excluding carboxylic acids is 1. The van der Waals surface area contributed by atoms with Crippen LogP contribution in [0.1, 0.15) is 65.9 Å². The number of fused-ring (bicyclic) bond motifs is 2. The van der Waals surface area contributed by atoms with Crippen LogP contribution in [0, 0.1) is 12.8 Å². The Morgan fingerprint density at radius 2 is 1.83 bits per heavy atom. The number of hydrogen-bond donors (Lipinski definition) is 2. The molecule has 1 atom stereocenters. The predicted octanol–water partition coefficient (Wildman–Crippen LogP) is 5.10. The SMILES string of the molecule is Cc1c(-c2cc3cccc(C4CCN(C(=O)O)CC4)c3n2CC2CC2)nn2cc(C(=O)N3CCCC(N)C3)ccc12. The van der Waals surface area contributed by atoms with Crippen molar-refractivity contribution in [2.45, 2.75) is 64.0 Å². The van der Waals surface area contributed by atoms with Crippen LogP contribution in [0.5, 0.6) is 0 Å². The molecule has 0 radical (unpaired) electrons. The summed E-state index contributed by atoms with van der Waals surface area (Å²) >= 11 is 0. The van der Waals surface area contributed by atoms with Gasteiger partial charge in [0.15, 0.2) is 0 Å². The molecule has 1 aliphatic carbocycles. The number of amides is 2. The topological polar surface area (TPSA) is 109 Å². The van der Waals surface area contributed by atoms with E-state index in [0.29, 0.717) is 37.0 Å². The van der Waals surface area contributed by atoms with Crippen molar-refractivity contribution < 1.29 is 14.7 Å². The second-order valence-electron chi connectivity index (χ2n) is 12.3. The lowest BCUT2D eigenvalue weighted by Gasteiger charge is -2.31. The van der Waals surface area contributed by atoms with Crippen LogP contribution in [-0.2, 0) is 6.54 Å². The zero-order valence-corrected chi connectivity index (χ0v) is 23.6. The molecule has 5 heterocycles. The second-order valence-corrected chi connectivity index (χ2v) is 12.3. The van der Waals surface area contributed by atoms with E-state index in [9.17, 15) is 14.7 Å². The van der Waals surface area contributed by atoms with Crippen molar-refractivity contribution in [1.82, 2.24) is 24.0 Å². The zero-order chi connectivity index (χ0) is 28.2. The summed E-state index contributed by atoms with van der Waals surface area (Å²) in [7, 11) is 0. The van der Waals surface area contributed by atoms with Crippen LogP contribution >= 0.6 is 0 Å². The van der Waals surface area contributed by atoms with Crippen LogP contribution in [0.25, 0.3) is 27.8 Å². The summed E-state index contributed by atoms with van der Waals surface area (Å²) in [5.41, 5.74) is 13.5. The quantitative estimate of drug-likeness (QED) is 0.357. The monoisotopic (exact) mass is 554 g/mol. The number of aryl methyl sites for hydroxylation is 1. The third-order valence-electron chi connectivity index (χ3n) is 9.41. The maximum absolute atomic E-state index is 13.3. The molecule has 2 amide bonds. The maximum atomic E-state index is 13.3. The Labute approximate surface area is 239 Å². The summed E-state index contributed by atoms with van der Waals surface area (Å²) in [6.07, 6.45) is 7.09. The lowest BCUT2D eigenvalue weighted by Crippen LogP contribution is -2.45. The molecule has 0 bridgehead atoms. The molecule has 1 saturated carbocycles. The molecular weight excluding hydrogens is 516 g/mol. The summed E-state index contributed by atoms with van der Waals surface area (Å²) in [5, 5.41) is 15.7. The van der Waals surface area contributed by atoms with Gasteiger partial charge in [-0.2, -0.15) is 5.10 Å². The summed E-state index contributed by atoms with van der Waals surface area (Å²) in [6, 6.07) is 12.8. The molecule has 9 nitrogen and oxygen atoms in total. The molecule has 7 rings (SSSR count). The number of pyridine rings is 1. The van der Waals surface area contributed by atoms with Crippen molar-refractivity contribution in [2.75, 3.05) is 26.2 Å². The van der Waals surface area contributed by atoms with Crippen LogP contribution < -0.4 is 5.73 Å². The van der Waals surface area contributed by atoms with Crippen LogP contribution in [-0.4, -0.2) is 73.3 Å². The van der Waals surface area contributed by atoms with E-state index < -0.39 is 6.09 Å². The zero-order valence-electron chi connectivity index (χ0n) is 23.6. The van der Waals surface area contributed by atoms with Gasteiger partial charge in [0.25, 0.3) is 5.91 Å². The first-order valence-electron chi connectivity index (χ1n) is 15.0. The number of likely N-dealkylation sites (tertiary alicyclic amines) is 2. The number of nitrogens with zero attached hydrogens (tertiary/aromatic N) is 5. The van der Waals surface area contributed by atoms with Crippen molar-refractivity contribution in [3.8, 4) is 11.4 Å². The lowest BCUT2D eigenvalue weighted by molar-refractivity contribution is 0.0708. The molecule has 3 aliphatic rings. The minimum atomic E-state index is -0.826. The van der Waals surface area contributed by atoms with Gasteiger partial charge in [-0.1, -0.05) is 18.2 Å². The first-order valence-corrected chi connectivity index (χ1v) is 15.0. The van der Waals surface area contributed by atoms with Gasteiger partial charge in [0, 0.05) is 55.9 Å². The summed E-state index contributed by atoms with van der Waals surface area (Å²) in [6.45, 7) is 5.55.